The van der Waals surface area contributed by atoms with Crippen LogP contribution < -0.4 is 10.1 Å². The molecule has 0 fully saturated rings. The van der Waals surface area contributed by atoms with Crippen molar-refractivity contribution in [3.63, 3.8) is 0 Å². The van der Waals surface area contributed by atoms with Crippen LogP contribution in [-0.2, 0) is 16.0 Å². The summed E-state index contributed by atoms with van der Waals surface area (Å²) in [6.45, 7) is 6.10. The van der Waals surface area contributed by atoms with Gasteiger partial charge in [0.25, 0.3) is 0 Å². The van der Waals surface area contributed by atoms with E-state index in [9.17, 15) is 9.59 Å². The van der Waals surface area contributed by atoms with Crippen molar-refractivity contribution < 1.29 is 14.3 Å². The van der Waals surface area contributed by atoms with E-state index in [1.54, 1.807) is 12.0 Å². The molecule has 0 aliphatic carbocycles. The highest BCUT2D eigenvalue weighted by atomic mass is 16.5. The monoisotopic (exact) mass is 306 g/mol. The molecule has 0 heterocycles. The van der Waals surface area contributed by atoms with Gasteiger partial charge in [0.1, 0.15) is 5.75 Å². The Morgan fingerprint density at radius 2 is 2.09 bits per heavy atom. The number of carbonyl (C=O) groups is 2. The van der Waals surface area contributed by atoms with Crippen LogP contribution >= 0.6 is 0 Å². The first-order valence-corrected chi connectivity index (χ1v) is 7.64. The number of nitrogens with one attached hydrogen (secondary N) is 1. The van der Waals surface area contributed by atoms with Gasteiger partial charge in [0.15, 0.2) is 0 Å². The Labute approximate surface area is 132 Å². The van der Waals surface area contributed by atoms with Gasteiger partial charge in [-0.3, -0.25) is 9.59 Å². The minimum absolute atomic E-state index is 0.0710. The minimum Gasteiger partial charge on any atom is -0.497 e. The van der Waals surface area contributed by atoms with Crippen molar-refractivity contribution in [2.75, 3.05) is 20.2 Å². The molecule has 1 atom stereocenters. The zero-order valence-corrected chi connectivity index (χ0v) is 13.9. The minimum atomic E-state index is -0.126. The highest BCUT2D eigenvalue weighted by Crippen LogP contribution is 2.12. The third kappa shape index (κ3) is 5.76. The lowest BCUT2D eigenvalue weighted by Crippen LogP contribution is -2.44. The van der Waals surface area contributed by atoms with Crippen LogP contribution in [0.3, 0.4) is 0 Å². The van der Waals surface area contributed by atoms with Gasteiger partial charge < -0.3 is 15.0 Å². The number of methoxy groups -OCH3 is 1. The summed E-state index contributed by atoms with van der Waals surface area (Å²) in [7, 11) is 1.63. The molecule has 1 rings (SSSR count). The number of nitrogens with zero attached hydrogens (tertiary/aromatic N) is 1. The molecule has 0 saturated carbocycles. The summed E-state index contributed by atoms with van der Waals surface area (Å²) >= 11 is 0. The maximum Gasteiger partial charge on any atom is 0.239 e. The van der Waals surface area contributed by atoms with Gasteiger partial charge >= 0.3 is 0 Å². The highest BCUT2D eigenvalue weighted by molar-refractivity contribution is 5.83. The van der Waals surface area contributed by atoms with Crippen molar-refractivity contribution in [1.29, 1.82) is 0 Å². The largest absolute Gasteiger partial charge is 0.497 e. The number of benzene rings is 1. The molecular weight excluding hydrogens is 280 g/mol. The van der Waals surface area contributed by atoms with Crippen molar-refractivity contribution in [2.24, 2.45) is 0 Å². The average molecular weight is 306 g/mol. The van der Waals surface area contributed by atoms with Crippen LogP contribution in [0.25, 0.3) is 0 Å². The van der Waals surface area contributed by atoms with Crippen LogP contribution in [0, 0.1) is 0 Å². The van der Waals surface area contributed by atoms with E-state index in [0.717, 1.165) is 24.2 Å². The van der Waals surface area contributed by atoms with E-state index in [0.29, 0.717) is 6.54 Å². The molecule has 2 amide bonds. The number of hydrogen-bond acceptors (Lipinski definition) is 3. The van der Waals surface area contributed by atoms with Crippen LogP contribution in [0.15, 0.2) is 24.3 Å². The predicted molar refractivity (Wildman–Crippen MR) is 86.8 cm³/mol. The molecule has 5 nitrogen and oxygen atoms in total. The van der Waals surface area contributed by atoms with Crippen LogP contribution in [-0.4, -0.2) is 43.0 Å². The molecule has 1 aromatic rings. The van der Waals surface area contributed by atoms with Crippen LogP contribution in [0.1, 0.15) is 32.8 Å². The van der Waals surface area contributed by atoms with Crippen LogP contribution in [0.2, 0.25) is 0 Å². The molecule has 0 radical (unpaired) electrons. The third-order valence-corrected chi connectivity index (χ3v) is 3.71. The molecule has 1 N–H and O–H groups in total. The van der Waals surface area contributed by atoms with Gasteiger partial charge in [-0.2, -0.15) is 0 Å². The fraction of sp³-hybridized carbons (Fsp3) is 0.529. The molecular formula is C17H26N2O3. The van der Waals surface area contributed by atoms with Gasteiger partial charge in [-0.1, -0.05) is 19.1 Å². The fourth-order valence-electron chi connectivity index (χ4n) is 2.18. The molecule has 1 unspecified atom stereocenters. The highest BCUT2D eigenvalue weighted by Gasteiger charge is 2.18. The van der Waals surface area contributed by atoms with Crippen molar-refractivity contribution in [1.82, 2.24) is 10.2 Å². The Morgan fingerprint density at radius 3 is 2.68 bits per heavy atom. The predicted octanol–water partition coefficient (Wildman–Crippen LogP) is 2.00. The lowest BCUT2D eigenvalue weighted by atomic mass is 10.1. The zero-order valence-electron chi connectivity index (χ0n) is 13.9. The van der Waals surface area contributed by atoms with E-state index in [2.05, 4.69) is 5.32 Å². The summed E-state index contributed by atoms with van der Waals surface area (Å²) in [5, 5.41) is 2.86. The van der Waals surface area contributed by atoms with E-state index < -0.39 is 0 Å². The molecule has 1 aromatic carbocycles. The van der Waals surface area contributed by atoms with Gasteiger partial charge in [0, 0.05) is 19.5 Å². The van der Waals surface area contributed by atoms with Crippen molar-refractivity contribution in [3.8, 4) is 5.75 Å². The average Bonchev–Trinajstić information content (AvgIpc) is 2.51. The molecule has 0 aromatic heterocycles. The summed E-state index contributed by atoms with van der Waals surface area (Å²) in [5.74, 6) is 0.610. The van der Waals surface area contributed by atoms with Gasteiger partial charge in [-0.05, 0) is 37.5 Å². The number of ether oxygens (including phenoxy) is 1. The number of hydrogen-bond donors (Lipinski definition) is 1. The second kappa shape index (κ2) is 9.07. The lowest BCUT2D eigenvalue weighted by Gasteiger charge is -2.26. The number of carbonyl (C=O) groups excluding carboxylic acids is 2. The van der Waals surface area contributed by atoms with Gasteiger partial charge in [0.2, 0.25) is 11.8 Å². The van der Waals surface area contributed by atoms with Crippen molar-refractivity contribution in [2.45, 2.75) is 39.7 Å². The molecule has 0 bridgehead atoms. The Balaban J connectivity index is 2.43. The maximum atomic E-state index is 12.0. The Kier molecular flexibility index (Phi) is 7.43. The normalized spacial score (nSPS) is 11.6. The second-order valence-corrected chi connectivity index (χ2v) is 5.36. The molecule has 122 valence electrons. The van der Waals surface area contributed by atoms with E-state index in [4.69, 9.17) is 4.74 Å². The zero-order chi connectivity index (χ0) is 16.5. The molecule has 22 heavy (non-hydrogen) atoms. The second-order valence-electron chi connectivity index (χ2n) is 5.36. The molecule has 0 aliphatic heterocycles. The first-order chi connectivity index (χ1) is 10.5. The molecule has 5 heteroatoms. The molecule has 0 aliphatic rings. The molecule has 0 saturated heterocycles. The van der Waals surface area contributed by atoms with E-state index in [1.165, 1.54) is 6.92 Å². The topological polar surface area (TPSA) is 58.6 Å². The molecule has 0 spiro atoms. The van der Waals surface area contributed by atoms with Gasteiger partial charge in [-0.15, -0.1) is 0 Å². The van der Waals surface area contributed by atoms with Gasteiger partial charge in [-0.25, -0.2) is 0 Å². The Morgan fingerprint density at radius 1 is 1.36 bits per heavy atom. The van der Waals surface area contributed by atoms with E-state index >= 15 is 0 Å². The summed E-state index contributed by atoms with van der Waals surface area (Å²) in [6, 6.07) is 7.83. The summed E-state index contributed by atoms with van der Waals surface area (Å²) in [4.78, 5) is 25.1. The van der Waals surface area contributed by atoms with Gasteiger partial charge in [0.05, 0.1) is 13.7 Å². The van der Waals surface area contributed by atoms with Crippen molar-refractivity contribution >= 4 is 11.8 Å². The first kappa shape index (κ1) is 18.0. The quantitative estimate of drug-likeness (QED) is 0.799. The summed E-state index contributed by atoms with van der Waals surface area (Å²) in [5.41, 5.74) is 1.10. The SMILES string of the molecule is CCC(C)N(CC(=O)NCCc1cccc(OC)c1)C(C)=O. The fourth-order valence-corrected chi connectivity index (χ4v) is 2.18. The van der Waals surface area contributed by atoms with E-state index in [-0.39, 0.29) is 24.4 Å². The van der Waals surface area contributed by atoms with Crippen LogP contribution in [0.5, 0.6) is 5.75 Å². The number of amides is 2. The van der Waals surface area contributed by atoms with Crippen LogP contribution in [0.4, 0.5) is 0 Å². The van der Waals surface area contributed by atoms with Crippen molar-refractivity contribution in [3.05, 3.63) is 29.8 Å². The first-order valence-electron chi connectivity index (χ1n) is 7.64. The number of rotatable bonds is 8. The standard InChI is InChI=1S/C17H26N2O3/c1-5-13(2)19(14(3)20)12-17(21)18-10-9-15-7-6-8-16(11-15)22-4/h6-8,11,13H,5,9-10,12H2,1-4H3,(H,18,21). The smallest absolute Gasteiger partial charge is 0.239 e. The van der Waals surface area contributed by atoms with E-state index in [1.807, 2.05) is 38.1 Å². The Bertz CT molecular complexity index is 502. The maximum absolute atomic E-state index is 12.0. The summed E-state index contributed by atoms with van der Waals surface area (Å²) < 4.78 is 5.17. The third-order valence-electron chi connectivity index (χ3n) is 3.71. The Hall–Kier alpha value is -2.04. The summed E-state index contributed by atoms with van der Waals surface area (Å²) in [6.07, 6.45) is 1.56. The lowest BCUT2D eigenvalue weighted by molar-refractivity contribution is -0.136.